The molecule has 0 atom stereocenters. The molecule has 0 saturated heterocycles. The molecule has 0 aliphatic carbocycles. The van der Waals surface area contributed by atoms with Crippen LogP contribution in [0.2, 0.25) is 0 Å². The number of guanidine groups is 1. The standard InChI is InChI=1S/C17H20FN3OS/c1-11-5-3-6-12(15(11)18)13-7-4-8-14(23)16(13)21-17(19)20-9-10-22-2/h3-8,23H,9-10H2,1-2H3,(H3,19,20,21). The zero-order valence-electron chi connectivity index (χ0n) is 13.1. The van der Waals surface area contributed by atoms with Crippen molar-refractivity contribution in [1.82, 2.24) is 0 Å². The summed E-state index contributed by atoms with van der Waals surface area (Å²) in [6.45, 7) is 2.65. The summed E-state index contributed by atoms with van der Waals surface area (Å²) >= 11 is 4.44. The van der Waals surface area contributed by atoms with Gasteiger partial charge in [-0.15, -0.1) is 12.6 Å². The first-order chi connectivity index (χ1) is 11.0. The summed E-state index contributed by atoms with van der Waals surface area (Å²) in [5.41, 5.74) is 8.27. The highest BCUT2D eigenvalue weighted by Crippen LogP contribution is 2.35. The number of aryl methyl sites for hydroxylation is 1. The van der Waals surface area contributed by atoms with Crippen LogP contribution < -0.4 is 11.1 Å². The maximum atomic E-state index is 14.5. The van der Waals surface area contributed by atoms with Gasteiger partial charge in [0.15, 0.2) is 5.96 Å². The summed E-state index contributed by atoms with van der Waals surface area (Å²) in [7, 11) is 1.60. The minimum absolute atomic E-state index is 0.234. The molecule has 0 aliphatic rings. The number of methoxy groups -OCH3 is 1. The average molecular weight is 333 g/mol. The topological polar surface area (TPSA) is 59.6 Å². The van der Waals surface area contributed by atoms with Crippen LogP contribution in [-0.4, -0.2) is 26.2 Å². The molecule has 122 valence electrons. The summed E-state index contributed by atoms with van der Waals surface area (Å²) in [4.78, 5) is 4.82. The number of anilines is 1. The average Bonchev–Trinajstić information content (AvgIpc) is 2.52. The van der Waals surface area contributed by atoms with Crippen molar-refractivity contribution < 1.29 is 9.13 Å². The first kappa shape index (κ1) is 17.3. The lowest BCUT2D eigenvalue weighted by atomic mass is 10.0. The number of hydrogen-bond donors (Lipinski definition) is 3. The lowest BCUT2D eigenvalue weighted by molar-refractivity contribution is 0.208. The van der Waals surface area contributed by atoms with Crippen LogP contribution in [0.5, 0.6) is 0 Å². The molecule has 2 rings (SSSR count). The molecule has 2 aromatic rings. The molecule has 4 nitrogen and oxygen atoms in total. The number of nitrogens with two attached hydrogens (primary N) is 1. The van der Waals surface area contributed by atoms with E-state index in [0.717, 1.165) is 0 Å². The lowest BCUT2D eigenvalue weighted by Gasteiger charge is -2.15. The fourth-order valence-electron chi connectivity index (χ4n) is 2.18. The van der Waals surface area contributed by atoms with E-state index in [2.05, 4.69) is 22.9 Å². The van der Waals surface area contributed by atoms with Crippen molar-refractivity contribution in [3.8, 4) is 11.1 Å². The third kappa shape index (κ3) is 4.24. The number of benzene rings is 2. The molecule has 6 heteroatoms. The third-order valence-corrected chi connectivity index (χ3v) is 3.73. The van der Waals surface area contributed by atoms with Crippen LogP contribution in [0.3, 0.4) is 0 Å². The summed E-state index contributed by atoms with van der Waals surface area (Å²) in [5, 5.41) is 3.01. The Morgan fingerprint density at radius 1 is 1.26 bits per heavy atom. The van der Waals surface area contributed by atoms with Gasteiger partial charge in [-0.2, -0.15) is 0 Å². The first-order valence-corrected chi connectivity index (χ1v) is 7.62. The van der Waals surface area contributed by atoms with Crippen LogP contribution in [0.15, 0.2) is 46.3 Å². The fourth-order valence-corrected chi connectivity index (χ4v) is 2.44. The lowest BCUT2D eigenvalue weighted by Crippen LogP contribution is -2.24. The van der Waals surface area contributed by atoms with E-state index in [1.807, 2.05) is 24.3 Å². The van der Waals surface area contributed by atoms with Crippen LogP contribution in [0.25, 0.3) is 11.1 Å². The van der Waals surface area contributed by atoms with Gasteiger partial charge in [0.1, 0.15) is 5.82 Å². The molecule has 3 N–H and O–H groups in total. The Balaban J connectivity index is 2.41. The summed E-state index contributed by atoms with van der Waals surface area (Å²) in [6.07, 6.45) is 0. The van der Waals surface area contributed by atoms with Gasteiger partial charge in [-0.3, -0.25) is 4.99 Å². The third-order valence-electron chi connectivity index (χ3n) is 3.36. The van der Waals surface area contributed by atoms with E-state index in [4.69, 9.17) is 10.5 Å². The molecule has 0 heterocycles. The van der Waals surface area contributed by atoms with Crippen LogP contribution in [0.4, 0.5) is 10.1 Å². The minimum Gasteiger partial charge on any atom is -0.383 e. The number of thiol groups is 1. The molecule has 0 saturated carbocycles. The smallest absolute Gasteiger partial charge is 0.193 e. The van der Waals surface area contributed by atoms with Crippen molar-refractivity contribution in [3.05, 3.63) is 47.8 Å². The predicted molar refractivity (Wildman–Crippen MR) is 95.8 cm³/mol. The van der Waals surface area contributed by atoms with E-state index in [0.29, 0.717) is 40.4 Å². The highest BCUT2D eigenvalue weighted by molar-refractivity contribution is 7.80. The number of para-hydroxylation sites is 1. The number of halogens is 1. The van der Waals surface area contributed by atoms with E-state index in [9.17, 15) is 4.39 Å². The number of nitrogens with zero attached hydrogens (tertiary/aromatic N) is 1. The van der Waals surface area contributed by atoms with Crippen molar-refractivity contribution in [2.75, 3.05) is 25.6 Å². The van der Waals surface area contributed by atoms with Crippen molar-refractivity contribution in [1.29, 1.82) is 0 Å². The quantitative estimate of drug-likeness (QED) is 0.340. The largest absolute Gasteiger partial charge is 0.383 e. The second-order valence-corrected chi connectivity index (χ2v) is 5.50. The van der Waals surface area contributed by atoms with Crippen molar-refractivity contribution in [2.45, 2.75) is 11.8 Å². The van der Waals surface area contributed by atoms with Gasteiger partial charge in [-0.25, -0.2) is 4.39 Å². The van der Waals surface area contributed by atoms with Crippen molar-refractivity contribution in [2.24, 2.45) is 10.7 Å². The van der Waals surface area contributed by atoms with Crippen LogP contribution >= 0.6 is 12.6 Å². The number of hydrogen-bond acceptors (Lipinski definition) is 3. The zero-order valence-corrected chi connectivity index (χ0v) is 14.0. The second kappa shape index (κ2) is 7.99. The Kier molecular flexibility index (Phi) is 6.01. The van der Waals surface area contributed by atoms with Gasteiger partial charge >= 0.3 is 0 Å². The fraction of sp³-hybridized carbons (Fsp3) is 0.235. The van der Waals surface area contributed by atoms with Gasteiger partial charge in [0.2, 0.25) is 0 Å². The maximum absolute atomic E-state index is 14.5. The van der Waals surface area contributed by atoms with Crippen LogP contribution in [0.1, 0.15) is 5.56 Å². The highest BCUT2D eigenvalue weighted by atomic mass is 32.1. The van der Waals surface area contributed by atoms with Crippen LogP contribution in [-0.2, 0) is 4.74 Å². The Morgan fingerprint density at radius 2 is 1.96 bits per heavy atom. The summed E-state index contributed by atoms with van der Waals surface area (Å²) < 4.78 is 19.4. The summed E-state index contributed by atoms with van der Waals surface area (Å²) in [6, 6.07) is 10.7. The van der Waals surface area contributed by atoms with Crippen molar-refractivity contribution >= 4 is 24.3 Å². The van der Waals surface area contributed by atoms with E-state index in [1.165, 1.54) is 0 Å². The van der Waals surface area contributed by atoms with Gasteiger partial charge in [0.25, 0.3) is 0 Å². The first-order valence-electron chi connectivity index (χ1n) is 7.18. The molecule has 0 aromatic heterocycles. The van der Waals surface area contributed by atoms with Crippen molar-refractivity contribution in [3.63, 3.8) is 0 Å². The second-order valence-electron chi connectivity index (χ2n) is 5.02. The molecule has 23 heavy (non-hydrogen) atoms. The Labute approximate surface area is 141 Å². The van der Waals surface area contributed by atoms with Gasteiger partial charge < -0.3 is 15.8 Å². The van der Waals surface area contributed by atoms with Gasteiger partial charge in [-0.1, -0.05) is 30.3 Å². The molecule has 0 unspecified atom stereocenters. The molecule has 0 radical (unpaired) electrons. The Morgan fingerprint density at radius 3 is 2.70 bits per heavy atom. The normalized spacial score (nSPS) is 11.6. The molecular weight excluding hydrogens is 313 g/mol. The molecular formula is C17H20FN3OS. The molecule has 0 amide bonds. The number of nitrogens with one attached hydrogen (secondary N) is 1. The van der Waals surface area contributed by atoms with Crippen LogP contribution in [0, 0.1) is 12.7 Å². The predicted octanol–water partition coefficient (Wildman–Crippen LogP) is 3.46. The minimum atomic E-state index is -0.260. The van der Waals surface area contributed by atoms with E-state index in [-0.39, 0.29) is 11.8 Å². The van der Waals surface area contributed by atoms with E-state index in [1.54, 1.807) is 26.2 Å². The molecule has 0 fully saturated rings. The number of ether oxygens (including phenoxy) is 1. The van der Waals surface area contributed by atoms with E-state index < -0.39 is 0 Å². The SMILES string of the molecule is COCCN=C(N)Nc1c(S)cccc1-c1cccc(C)c1F. The molecule has 0 aliphatic heterocycles. The number of aliphatic imine (C=N–C) groups is 1. The summed E-state index contributed by atoms with van der Waals surface area (Å²) in [5.74, 6) is -0.0257. The van der Waals surface area contributed by atoms with Gasteiger partial charge in [-0.05, 0) is 18.6 Å². The zero-order chi connectivity index (χ0) is 16.8. The Bertz CT molecular complexity index is 719. The monoisotopic (exact) mass is 333 g/mol. The Hall–Kier alpha value is -2.05. The highest BCUT2D eigenvalue weighted by Gasteiger charge is 2.14. The molecule has 0 spiro atoms. The van der Waals surface area contributed by atoms with Gasteiger partial charge in [0.05, 0.1) is 18.8 Å². The maximum Gasteiger partial charge on any atom is 0.193 e. The van der Waals surface area contributed by atoms with Gasteiger partial charge in [0, 0.05) is 23.1 Å². The molecule has 2 aromatic carbocycles. The number of rotatable bonds is 5. The molecule has 0 bridgehead atoms. The van der Waals surface area contributed by atoms with E-state index >= 15 is 0 Å².